The molecule has 1 aromatic carbocycles. The first kappa shape index (κ1) is 9.26. The average Bonchev–Trinajstić information content (AvgIpc) is 2.87. The predicted molar refractivity (Wildman–Crippen MR) is 59.8 cm³/mol. The zero-order valence-electron chi connectivity index (χ0n) is 8.10. The molecule has 0 spiro atoms. The minimum atomic E-state index is 0.834. The van der Waals surface area contributed by atoms with Crippen LogP contribution in [0.25, 0.3) is 0 Å². The summed E-state index contributed by atoms with van der Waals surface area (Å²) >= 11 is 3.64. The molecule has 0 bridgehead atoms. The van der Waals surface area contributed by atoms with Crippen LogP contribution >= 0.6 is 15.9 Å². The van der Waals surface area contributed by atoms with Gasteiger partial charge in [0.25, 0.3) is 0 Å². The Kier molecular flexibility index (Phi) is 2.46. The third-order valence-electron chi connectivity index (χ3n) is 2.59. The van der Waals surface area contributed by atoms with E-state index < -0.39 is 0 Å². The molecule has 1 fully saturated rings. The highest BCUT2D eigenvalue weighted by Crippen LogP contribution is 2.43. The van der Waals surface area contributed by atoms with Gasteiger partial charge in [0.05, 0.1) is 0 Å². The Balaban J connectivity index is 2.31. The van der Waals surface area contributed by atoms with Crippen molar-refractivity contribution in [1.29, 1.82) is 0 Å². The Morgan fingerprint density at radius 1 is 1.31 bits per heavy atom. The molecule has 0 unspecified atom stereocenters. The van der Waals surface area contributed by atoms with Gasteiger partial charge >= 0.3 is 0 Å². The summed E-state index contributed by atoms with van der Waals surface area (Å²) in [6.07, 6.45) is 2.74. The standard InChI is InChI=1S/C12H14Br/c1-8(2)10-5-6-11(9-3-4-9)12(13)7-10/h5-7,9H,3-4H2,1-2H3. The van der Waals surface area contributed by atoms with Gasteiger partial charge in [-0.2, -0.15) is 0 Å². The van der Waals surface area contributed by atoms with Crippen LogP contribution in [0.4, 0.5) is 0 Å². The fraction of sp³-hybridized carbons (Fsp3) is 0.417. The van der Waals surface area contributed by atoms with Crippen LogP contribution in [0.1, 0.15) is 43.7 Å². The molecule has 0 nitrogen and oxygen atoms in total. The third kappa shape index (κ3) is 1.96. The van der Waals surface area contributed by atoms with Gasteiger partial charge in [0.15, 0.2) is 0 Å². The van der Waals surface area contributed by atoms with Gasteiger partial charge in [-0.1, -0.05) is 41.9 Å². The highest BCUT2D eigenvalue weighted by Gasteiger charge is 2.25. The lowest BCUT2D eigenvalue weighted by molar-refractivity contribution is 1.09. The lowest BCUT2D eigenvalue weighted by atomic mass is 10.0. The molecule has 0 heterocycles. The lowest BCUT2D eigenvalue weighted by Crippen LogP contribution is -1.90. The fourth-order valence-electron chi connectivity index (χ4n) is 1.56. The molecule has 0 aromatic heterocycles. The Hall–Kier alpha value is -0.300. The van der Waals surface area contributed by atoms with Crippen molar-refractivity contribution in [3.05, 3.63) is 39.7 Å². The maximum atomic E-state index is 3.64. The first-order chi connectivity index (χ1) is 6.18. The van der Waals surface area contributed by atoms with E-state index in [9.17, 15) is 0 Å². The van der Waals surface area contributed by atoms with Gasteiger partial charge in [0.2, 0.25) is 0 Å². The maximum absolute atomic E-state index is 3.64. The molecule has 69 valence electrons. The maximum Gasteiger partial charge on any atom is 0.0213 e. The Bertz CT molecular complexity index is 311. The summed E-state index contributed by atoms with van der Waals surface area (Å²) in [7, 11) is 0. The zero-order valence-corrected chi connectivity index (χ0v) is 9.69. The molecule has 1 saturated carbocycles. The lowest BCUT2D eigenvalue weighted by Gasteiger charge is -2.08. The number of hydrogen-bond donors (Lipinski definition) is 0. The first-order valence-corrected chi connectivity index (χ1v) is 5.58. The first-order valence-electron chi connectivity index (χ1n) is 4.78. The van der Waals surface area contributed by atoms with Crippen LogP contribution in [0.2, 0.25) is 0 Å². The van der Waals surface area contributed by atoms with Gasteiger partial charge in [-0.3, -0.25) is 0 Å². The van der Waals surface area contributed by atoms with E-state index in [1.165, 1.54) is 34.4 Å². The molecular formula is C12H14Br. The van der Waals surface area contributed by atoms with Crippen LogP contribution in [0.5, 0.6) is 0 Å². The van der Waals surface area contributed by atoms with Crippen molar-refractivity contribution in [2.45, 2.75) is 32.6 Å². The molecule has 0 atom stereocenters. The van der Waals surface area contributed by atoms with E-state index in [1.807, 2.05) is 0 Å². The Morgan fingerprint density at radius 3 is 2.46 bits per heavy atom. The number of halogens is 1. The molecular weight excluding hydrogens is 224 g/mol. The summed E-state index contributed by atoms with van der Waals surface area (Å²) in [5, 5.41) is 0. The van der Waals surface area contributed by atoms with Crippen molar-refractivity contribution in [2.75, 3.05) is 0 Å². The topological polar surface area (TPSA) is 0 Å². The molecule has 0 saturated heterocycles. The second-order valence-electron chi connectivity index (χ2n) is 4.01. The van der Waals surface area contributed by atoms with E-state index in [1.54, 1.807) is 0 Å². The van der Waals surface area contributed by atoms with Crippen molar-refractivity contribution >= 4 is 15.9 Å². The van der Waals surface area contributed by atoms with Crippen molar-refractivity contribution in [3.63, 3.8) is 0 Å². The normalized spacial score (nSPS) is 16.6. The summed E-state index contributed by atoms with van der Waals surface area (Å²) < 4.78 is 1.29. The Morgan fingerprint density at radius 2 is 2.00 bits per heavy atom. The molecule has 13 heavy (non-hydrogen) atoms. The molecule has 1 heteroatoms. The van der Waals surface area contributed by atoms with Crippen LogP contribution in [0.15, 0.2) is 22.7 Å². The fourth-order valence-corrected chi connectivity index (χ4v) is 2.27. The van der Waals surface area contributed by atoms with Crippen molar-refractivity contribution in [3.8, 4) is 0 Å². The summed E-state index contributed by atoms with van der Waals surface area (Å²) in [6, 6.07) is 6.74. The molecule has 1 aliphatic rings. The second-order valence-corrected chi connectivity index (χ2v) is 4.86. The molecule has 0 aliphatic heterocycles. The van der Waals surface area contributed by atoms with Crippen molar-refractivity contribution in [1.82, 2.24) is 0 Å². The summed E-state index contributed by atoms with van der Waals surface area (Å²) in [4.78, 5) is 0. The highest BCUT2D eigenvalue weighted by atomic mass is 79.9. The largest absolute Gasteiger partial charge is 0.0581 e. The van der Waals surface area contributed by atoms with E-state index >= 15 is 0 Å². The number of benzene rings is 1. The summed E-state index contributed by atoms with van der Waals surface area (Å²) in [5.41, 5.74) is 2.83. The molecule has 2 rings (SSSR count). The average molecular weight is 238 g/mol. The van der Waals surface area contributed by atoms with E-state index in [-0.39, 0.29) is 0 Å². The molecule has 1 aliphatic carbocycles. The summed E-state index contributed by atoms with van der Waals surface area (Å²) in [5.74, 6) is 2.21. The van der Waals surface area contributed by atoms with Gasteiger partial charge in [0, 0.05) is 4.47 Å². The van der Waals surface area contributed by atoms with E-state index in [4.69, 9.17) is 0 Å². The number of rotatable bonds is 2. The van der Waals surface area contributed by atoms with Crippen LogP contribution < -0.4 is 0 Å². The molecule has 0 N–H and O–H groups in total. The van der Waals surface area contributed by atoms with Gasteiger partial charge in [-0.15, -0.1) is 0 Å². The van der Waals surface area contributed by atoms with Gasteiger partial charge in [-0.05, 0) is 41.9 Å². The summed E-state index contributed by atoms with van der Waals surface area (Å²) in [6.45, 7) is 4.30. The second kappa shape index (κ2) is 3.45. The van der Waals surface area contributed by atoms with E-state index in [0.29, 0.717) is 0 Å². The van der Waals surface area contributed by atoms with Crippen LogP contribution in [-0.2, 0) is 0 Å². The monoisotopic (exact) mass is 237 g/mol. The molecule has 1 aromatic rings. The van der Waals surface area contributed by atoms with Gasteiger partial charge in [0.1, 0.15) is 0 Å². The smallest absolute Gasteiger partial charge is 0.0213 e. The minimum absolute atomic E-state index is 0.834. The SMILES string of the molecule is C[C](C)c1ccc(C2CC2)c(Br)c1. The van der Waals surface area contributed by atoms with E-state index in [2.05, 4.69) is 48.0 Å². The van der Waals surface area contributed by atoms with Crippen molar-refractivity contribution < 1.29 is 0 Å². The minimum Gasteiger partial charge on any atom is -0.0581 e. The number of hydrogen-bond acceptors (Lipinski definition) is 0. The van der Waals surface area contributed by atoms with Gasteiger partial charge < -0.3 is 0 Å². The van der Waals surface area contributed by atoms with Crippen LogP contribution in [0.3, 0.4) is 0 Å². The zero-order chi connectivity index (χ0) is 9.42. The van der Waals surface area contributed by atoms with Crippen molar-refractivity contribution in [2.24, 2.45) is 0 Å². The van der Waals surface area contributed by atoms with E-state index in [0.717, 1.165) is 5.92 Å². The van der Waals surface area contributed by atoms with Gasteiger partial charge in [-0.25, -0.2) is 0 Å². The quantitative estimate of drug-likeness (QED) is 0.721. The third-order valence-corrected chi connectivity index (χ3v) is 3.28. The molecule has 1 radical (unpaired) electrons. The predicted octanol–water partition coefficient (Wildman–Crippen LogP) is 4.29. The molecule has 0 amide bonds. The van der Waals surface area contributed by atoms with Crippen LogP contribution in [0, 0.1) is 5.92 Å². The van der Waals surface area contributed by atoms with Crippen LogP contribution in [-0.4, -0.2) is 0 Å². The highest BCUT2D eigenvalue weighted by molar-refractivity contribution is 9.10. The Labute approximate surface area is 88.5 Å².